The van der Waals surface area contributed by atoms with Crippen LogP contribution in [0.5, 0.6) is 0 Å². The van der Waals surface area contributed by atoms with Gasteiger partial charge in [0.05, 0.1) is 19.8 Å². The lowest BCUT2D eigenvalue weighted by molar-refractivity contribution is -0.279. The van der Waals surface area contributed by atoms with E-state index in [1.807, 2.05) is 0 Å². The van der Waals surface area contributed by atoms with Crippen LogP contribution in [0.1, 0.15) is 13.3 Å². The van der Waals surface area contributed by atoms with Crippen LogP contribution in [-0.2, 0) is 9.47 Å². The summed E-state index contributed by atoms with van der Waals surface area (Å²) in [5.41, 5.74) is 0. The lowest BCUT2D eigenvalue weighted by atomic mass is 9.69. The Hall–Kier alpha value is -0.120. The summed E-state index contributed by atoms with van der Waals surface area (Å²) in [4.78, 5) is 0. The molecule has 2 rings (SSSR count). The molecule has 0 unspecified atom stereocenters. The smallest absolute Gasteiger partial charge is 0.173 e. The van der Waals surface area contributed by atoms with Crippen molar-refractivity contribution in [2.45, 2.75) is 19.1 Å². The van der Waals surface area contributed by atoms with Gasteiger partial charge in [-0.05, 0) is 5.92 Å². The Bertz CT molecular complexity index is 151. The molecule has 0 aromatic carbocycles. The van der Waals surface area contributed by atoms with Gasteiger partial charge in [-0.1, -0.05) is 6.92 Å². The van der Waals surface area contributed by atoms with E-state index in [1.54, 1.807) is 0 Å². The van der Waals surface area contributed by atoms with Gasteiger partial charge in [0.1, 0.15) is 0 Å². The van der Waals surface area contributed by atoms with Crippen LogP contribution in [0.15, 0.2) is 0 Å². The van der Waals surface area contributed by atoms with E-state index in [2.05, 4.69) is 6.92 Å². The first kappa shape index (κ1) is 7.53. The van der Waals surface area contributed by atoms with Gasteiger partial charge >= 0.3 is 0 Å². The van der Waals surface area contributed by atoms with Crippen molar-refractivity contribution in [1.29, 1.82) is 0 Å². The normalized spacial score (nSPS) is 40.9. The SMILES string of the molecule is C[C@H]1CC2(OCCO2)[C@@H]1CO. The minimum atomic E-state index is -0.395. The Morgan fingerprint density at radius 1 is 1.45 bits per heavy atom. The summed E-state index contributed by atoms with van der Waals surface area (Å²) in [7, 11) is 0. The molecule has 2 aliphatic rings. The summed E-state index contributed by atoms with van der Waals surface area (Å²) in [6, 6.07) is 0. The highest BCUT2D eigenvalue weighted by molar-refractivity contribution is 4.96. The fourth-order valence-corrected chi connectivity index (χ4v) is 2.14. The maximum absolute atomic E-state index is 9.02. The lowest BCUT2D eigenvalue weighted by Gasteiger charge is -2.48. The van der Waals surface area contributed by atoms with Crippen molar-refractivity contribution in [2.24, 2.45) is 11.8 Å². The molecule has 1 heterocycles. The Balaban J connectivity index is 2.04. The fraction of sp³-hybridized carbons (Fsp3) is 1.00. The van der Waals surface area contributed by atoms with E-state index in [0.717, 1.165) is 6.42 Å². The Labute approximate surface area is 66.3 Å². The minimum Gasteiger partial charge on any atom is -0.396 e. The van der Waals surface area contributed by atoms with E-state index < -0.39 is 5.79 Å². The first-order chi connectivity index (χ1) is 5.28. The van der Waals surface area contributed by atoms with Gasteiger partial charge in [-0.2, -0.15) is 0 Å². The highest BCUT2D eigenvalue weighted by Gasteiger charge is 2.55. The van der Waals surface area contributed by atoms with Crippen molar-refractivity contribution in [1.82, 2.24) is 0 Å². The van der Waals surface area contributed by atoms with Gasteiger partial charge in [0.2, 0.25) is 0 Å². The molecule has 1 N–H and O–H groups in total. The largest absolute Gasteiger partial charge is 0.396 e. The average molecular weight is 158 g/mol. The summed E-state index contributed by atoms with van der Waals surface area (Å²) in [5, 5.41) is 9.02. The molecule has 1 saturated carbocycles. The van der Waals surface area contributed by atoms with Crippen LogP contribution in [0.25, 0.3) is 0 Å². The van der Waals surface area contributed by atoms with Crippen LogP contribution < -0.4 is 0 Å². The second kappa shape index (κ2) is 2.44. The molecule has 0 aromatic rings. The number of hydrogen-bond donors (Lipinski definition) is 1. The first-order valence-corrected chi connectivity index (χ1v) is 4.17. The molecule has 11 heavy (non-hydrogen) atoms. The molecule has 0 bridgehead atoms. The fourth-order valence-electron chi connectivity index (χ4n) is 2.14. The number of hydrogen-bond acceptors (Lipinski definition) is 3. The quantitative estimate of drug-likeness (QED) is 0.599. The molecule has 1 aliphatic carbocycles. The summed E-state index contributed by atoms with van der Waals surface area (Å²) in [5.74, 6) is 0.344. The van der Waals surface area contributed by atoms with Gasteiger partial charge in [0.15, 0.2) is 5.79 Å². The minimum absolute atomic E-state index is 0.182. The molecular formula is C8H14O3. The molecule has 1 spiro atoms. The molecule has 2 fully saturated rings. The average Bonchev–Trinajstić information content (AvgIpc) is 2.38. The van der Waals surface area contributed by atoms with Gasteiger partial charge in [-0.25, -0.2) is 0 Å². The third kappa shape index (κ3) is 0.916. The maximum Gasteiger partial charge on any atom is 0.173 e. The van der Waals surface area contributed by atoms with E-state index in [-0.39, 0.29) is 12.5 Å². The summed E-state index contributed by atoms with van der Waals surface area (Å²) < 4.78 is 10.9. The van der Waals surface area contributed by atoms with Gasteiger partial charge in [-0.3, -0.25) is 0 Å². The Morgan fingerprint density at radius 3 is 2.55 bits per heavy atom. The third-order valence-electron chi connectivity index (χ3n) is 2.83. The summed E-state index contributed by atoms with van der Waals surface area (Å²) >= 11 is 0. The van der Waals surface area contributed by atoms with Crippen molar-refractivity contribution >= 4 is 0 Å². The predicted molar refractivity (Wildman–Crippen MR) is 39.0 cm³/mol. The van der Waals surface area contributed by atoms with Crippen molar-refractivity contribution in [3.05, 3.63) is 0 Å². The molecule has 3 nitrogen and oxygen atoms in total. The maximum atomic E-state index is 9.02. The van der Waals surface area contributed by atoms with Crippen LogP contribution in [0.2, 0.25) is 0 Å². The van der Waals surface area contributed by atoms with E-state index in [0.29, 0.717) is 19.1 Å². The standard InChI is InChI=1S/C8H14O3/c1-6-4-8(7(6)5-9)10-2-3-11-8/h6-7,9H,2-5H2,1H3/t6-,7+/m0/s1. The van der Waals surface area contributed by atoms with Gasteiger partial charge in [0, 0.05) is 12.3 Å². The van der Waals surface area contributed by atoms with Crippen LogP contribution in [0.4, 0.5) is 0 Å². The monoisotopic (exact) mass is 158 g/mol. The molecule has 2 atom stereocenters. The predicted octanol–water partition coefficient (Wildman–Crippen LogP) is 0.378. The summed E-state index contributed by atoms with van der Waals surface area (Å²) in [6.07, 6.45) is 0.943. The zero-order valence-corrected chi connectivity index (χ0v) is 6.75. The van der Waals surface area contributed by atoms with Gasteiger partial charge < -0.3 is 14.6 Å². The van der Waals surface area contributed by atoms with Crippen molar-refractivity contribution < 1.29 is 14.6 Å². The van der Waals surface area contributed by atoms with Gasteiger partial charge in [-0.15, -0.1) is 0 Å². The Morgan fingerprint density at radius 2 is 2.09 bits per heavy atom. The highest BCUT2D eigenvalue weighted by atomic mass is 16.7. The molecule has 3 heteroatoms. The number of aliphatic hydroxyl groups is 1. The number of rotatable bonds is 1. The molecule has 0 aromatic heterocycles. The van der Waals surface area contributed by atoms with Crippen LogP contribution in [0.3, 0.4) is 0 Å². The van der Waals surface area contributed by atoms with Crippen molar-refractivity contribution in [3.8, 4) is 0 Å². The number of aliphatic hydroxyl groups excluding tert-OH is 1. The topological polar surface area (TPSA) is 38.7 Å². The van der Waals surface area contributed by atoms with Crippen molar-refractivity contribution in [2.75, 3.05) is 19.8 Å². The molecular weight excluding hydrogens is 144 g/mol. The zero-order valence-electron chi connectivity index (χ0n) is 6.75. The second-order valence-corrected chi connectivity index (χ2v) is 3.48. The molecule has 0 radical (unpaired) electrons. The van der Waals surface area contributed by atoms with E-state index in [9.17, 15) is 0 Å². The van der Waals surface area contributed by atoms with Gasteiger partial charge in [0.25, 0.3) is 0 Å². The third-order valence-corrected chi connectivity index (χ3v) is 2.83. The van der Waals surface area contributed by atoms with Crippen molar-refractivity contribution in [3.63, 3.8) is 0 Å². The first-order valence-electron chi connectivity index (χ1n) is 4.17. The highest BCUT2D eigenvalue weighted by Crippen LogP contribution is 2.48. The molecule has 1 saturated heterocycles. The van der Waals surface area contributed by atoms with Crippen LogP contribution in [0, 0.1) is 11.8 Å². The number of ether oxygens (including phenoxy) is 2. The lowest BCUT2D eigenvalue weighted by Crippen LogP contribution is -2.55. The van der Waals surface area contributed by atoms with E-state index in [4.69, 9.17) is 14.6 Å². The van der Waals surface area contributed by atoms with Crippen LogP contribution in [-0.4, -0.2) is 30.7 Å². The Kier molecular flexibility index (Phi) is 1.67. The zero-order chi connectivity index (χ0) is 7.90. The second-order valence-electron chi connectivity index (χ2n) is 3.48. The summed E-state index contributed by atoms with van der Waals surface area (Å²) in [6.45, 7) is 3.67. The molecule has 64 valence electrons. The molecule has 1 aliphatic heterocycles. The van der Waals surface area contributed by atoms with E-state index >= 15 is 0 Å². The van der Waals surface area contributed by atoms with E-state index in [1.165, 1.54) is 0 Å². The van der Waals surface area contributed by atoms with Crippen LogP contribution >= 0.6 is 0 Å². The molecule has 0 amide bonds.